The molecule has 4 rings (SSSR count). The van der Waals surface area contributed by atoms with Gasteiger partial charge in [0.2, 0.25) is 0 Å². The van der Waals surface area contributed by atoms with E-state index in [2.05, 4.69) is 21.4 Å². The monoisotopic (exact) mass is 261 g/mol. The van der Waals surface area contributed by atoms with Crippen molar-refractivity contribution in [3.05, 3.63) is 47.8 Å². The summed E-state index contributed by atoms with van der Waals surface area (Å²) in [5, 5.41) is 21.9. The van der Waals surface area contributed by atoms with Gasteiger partial charge in [0.05, 0.1) is 11.4 Å². The van der Waals surface area contributed by atoms with Gasteiger partial charge in [-0.05, 0) is 12.8 Å². The number of hydrogen-bond acceptors (Lipinski definition) is 4. The van der Waals surface area contributed by atoms with E-state index in [1.165, 1.54) is 0 Å². The summed E-state index contributed by atoms with van der Waals surface area (Å²) in [6.45, 7) is 0. The third-order valence-electron chi connectivity index (χ3n) is 3.55. The number of nitrogens with zero attached hydrogens (tertiary/aromatic N) is 5. The van der Waals surface area contributed by atoms with Gasteiger partial charge in [-0.3, -0.25) is 0 Å². The molecule has 0 aliphatic heterocycles. The van der Waals surface area contributed by atoms with Crippen LogP contribution in [0.1, 0.15) is 30.1 Å². The minimum atomic E-state index is 0.391. The molecule has 0 atom stereocenters. The average molecular weight is 261 g/mol. The van der Waals surface area contributed by atoms with Gasteiger partial charge in [0.25, 0.3) is 0 Å². The lowest BCUT2D eigenvalue weighted by molar-refractivity contribution is 0.798. The molecule has 0 radical (unpaired) electrons. The summed E-state index contributed by atoms with van der Waals surface area (Å²) in [5.41, 5.74) is 3.89. The summed E-state index contributed by atoms with van der Waals surface area (Å²) < 4.78 is 1.78. The molecule has 0 unspecified atom stereocenters. The van der Waals surface area contributed by atoms with Crippen molar-refractivity contribution in [1.82, 2.24) is 19.8 Å². The predicted octanol–water partition coefficient (Wildman–Crippen LogP) is 2.54. The van der Waals surface area contributed by atoms with Gasteiger partial charge < -0.3 is 0 Å². The lowest BCUT2D eigenvalue weighted by Crippen LogP contribution is -2.05. The number of aromatic nitrogens is 4. The Hall–Kier alpha value is -2.74. The lowest BCUT2D eigenvalue weighted by Gasteiger charge is -2.02. The van der Waals surface area contributed by atoms with Gasteiger partial charge in [-0.1, -0.05) is 30.3 Å². The summed E-state index contributed by atoms with van der Waals surface area (Å²) in [4.78, 5) is 0. The van der Waals surface area contributed by atoms with E-state index >= 15 is 0 Å². The van der Waals surface area contributed by atoms with Crippen LogP contribution in [0.25, 0.3) is 16.9 Å². The summed E-state index contributed by atoms with van der Waals surface area (Å²) in [7, 11) is 0. The Bertz CT molecular complexity index is 825. The van der Waals surface area contributed by atoms with Gasteiger partial charge in [0.15, 0.2) is 11.3 Å². The summed E-state index contributed by atoms with van der Waals surface area (Å²) in [6, 6.07) is 14.0. The molecule has 20 heavy (non-hydrogen) atoms. The normalized spacial score (nSPS) is 14.3. The molecule has 1 aliphatic rings. The molecular formula is C15H11N5. The van der Waals surface area contributed by atoms with Gasteiger partial charge in [0.1, 0.15) is 6.07 Å². The molecule has 0 amide bonds. The zero-order valence-corrected chi connectivity index (χ0v) is 10.7. The Balaban J connectivity index is 1.96. The Morgan fingerprint density at radius 3 is 2.65 bits per heavy atom. The number of nitriles is 1. The quantitative estimate of drug-likeness (QED) is 0.711. The Morgan fingerprint density at radius 2 is 1.95 bits per heavy atom. The zero-order chi connectivity index (χ0) is 13.5. The molecule has 2 heterocycles. The van der Waals surface area contributed by atoms with Crippen LogP contribution in [0.2, 0.25) is 0 Å². The molecule has 5 nitrogen and oxygen atoms in total. The smallest absolute Gasteiger partial charge is 0.184 e. The van der Waals surface area contributed by atoms with Gasteiger partial charge in [-0.25, -0.2) is 4.52 Å². The Labute approximate surface area is 115 Å². The van der Waals surface area contributed by atoms with E-state index in [1.54, 1.807) is 4.52 Å². The van der Waals surface area contributed by atoms with Gasteiger partial charge in [-0.2, -0.15) is 10.4 Å². The Kier molecular flexibility index (Phi) is 2.30. The first-order valence-corrected chi connectivity index (χ1v) is 6.58. The fraction of sp³-hybridized carbons (Fsp3) is 0.200. The van der Waals surface area contributed by atoms with Crippen molar-refractivity contribution < 1.29 is 0 Å². The van der Waals surface area contributed by atoms with E-state index in [0.717, 1.165) is 29.8 Å². The number of hydrogen-bond donors (Lipinski definition) is 0. The standard InChI is InChI=1S/C15H11N5/c16-9-13-15(11-6-7-11)20-14(18-17-13)8-12(19-20)10-4-2-1-3-5-10/h1-5,8,11H,6-7H2. The second kappa shape index (κ2) is 4.14. The third-order valence-corrected chi connectivity index (χ3v) is 3.55. The SMILES string of the molecule is N#Cc1nnc2cc(-c3ccccc3)nn2c1C1CC1. The predicted molar refractivity (Wildman–Crippen MR) is 72.9 cm³/mol. The molecule has 1 aliphatic carbocycles. The number of rotatable bonds is 2. The molecular weight excluding hydrogens is 250 g/mol. The first-order valence-electron chi connectivity index (χ1n) is 6.58. The minimum absolute atomic E-state index is 0.391. The van der Waals surface area contributed by atoms with Crippen molar-refractivity contribution in [3.63, 3.8) is 0 Å². The van der Waals surface area contributed by atoms with E-state index in [1.807, 2.05) is 36.4 Å². The second-order valence-corrected chi connectivity index (χ2v) is 4.99. The van der Waals surface area contributed by atoms with Crippen molar-refractivity contribution in [3.8, 4) is 17.3 Å². The summed E-state index contributed by atoms with van der Waals surface area (Å²) in [5.74, 6) is 0.395. The van der Waals surface area contributed by atoms with E-state index in [-0.39, 0.29) is 0 Å². The van der Waals surface area contributed by atoms with E-state index < -0.39 is 0 Å². The second-order valence-electron chi connectivity index (χ2n) is 4.99. The molecule has 2 aromatic heterocycles. The average Bonchev–Trinajstić information content (AvgIpc) is 3.24. The van der Waals surface area contributed by atoms with Crippen molar-refractivity contribution >= 4 is 5.65 Å². The van der Waals surface area contributed by atoms with Crippen LogP contribution in [0.15, 0.2) is 36.4 Å². The molecule has 5 heteroatoms. The lowest BCUT2D eigenvalue weighted by atomic mass is 10.2. The Morgan fingerprint density at radius 1 is 1.15 bits per heavy atom. The molecule has 0 saturated heterocycles. The third kappa shape index (κ3) is 1.66. The fourth-order valence-corrected chi connectivity index (χ4v) is 2.43. The molecule has 1 fully saturated rings. The van der Waals surface area contributed by atoms with Crippen LogP contribution < -0.4 is 0 Å². The summed E-state index contributed by atoms with van der Waals surface area (Å²) in [6.07, 6.45) is 2.19. The maximum absolute atomic E-state index is 9.18. The van der Waals surface area contributed by atoms with Crippen LogP contribution in [0.4, 0.5) is 0 Å². The van der Waals surface area contributed by atoms with Crippen LogP contribution in [0, 0.1) is 11.3 Å². The van der Waals surface area contributed by atoms with Crippen LogP contribution >= 0.6 is 0 Å². The maximum Gasteiger partial charge on any atom is 0.184 e. The molecule has 0 bridgehead atoms. The molecule has 0 N–H and O–H groups in total. The number of benzene rings is 1. The van der Waals surface area contributed by atoms with E-state index in [9.17, 15) is 5.26 Å². The highest BCUT2D eigenvalue weighted by molar-refractivity contribution is 5.64. The fourth-order valence-electron chi connectivity index (χ4n) is 2.43. The van der Waals surface area contributed by atoms with Crippen LogP contribution in [-0.4, -0.2) is 19.8 Å². The minimum Gasteiger partial charge on any atom is -0.214 e. The number of fused-ring (bicyclic) bond motifs is 1. The summed E-state index contributed by atoms with van der Waals surface area (Å²) >= 11 is 0. The van der Waals surface area contributed by atoms with Crippen LogP contribution in [0.3, 0.4) is 0 Å². The van der Waals surface area contributed by atoms with Crippen molar-refractivity contribution in [2.45, 2.75) is 18.8 Å². The van der Waals surface area contributed by atoms with Crippen molar-refractivity contribution in [2.24, 2.45) is 0 Å². The maximum atomic E-state index is 9.18. The largest absolute Gasteiger partial charge is 0.214 e. The highest BCUT2D eigenvalue weighted by Crippen LogP contribution is 2.41. The highest BCUT2D eigenvalue weighted by Gasteiger charge is 2.31. The van der Waals surface area contributed by atoms with Crippen molar-refractivity contribution in [2.75, 3.05) is 0 Å². The molecule has 1 aromatic carbocycles. The van der Waals surface area contributed by atoms with Crippen LogP contribution in [0.5, 0.6) is 0 Å². The molecule has 1 saturated carbocycles. The molecule has 3 aromatic rings. The highest BCUT2D eigenvalue weighted by atomic mass is 15.3. The van der Waals surface area contributed by atoms with Crippen LogP contribution in [-0.2, 0) is 0 Å². The molecule has 96 valence electrons. The van der Waals surface area contributed by atoms with Crippen molar-refractivity contribution in [1.29, 1.82) is 5.26 Å². The van der Waals surface area contributed by atoms with Gasteiger partial charge >= 0.3 is 0 Å². The molecule has 0 spiro atoms. The first kappa shape index (κ1) is 11.1. The zero-order valence-electron chi connectivity index (χ0n) is 10.7. The van der Waals surface area contributed by atoms with Gasteiger partial charge in [0, 0.05) is 17.5 Å². The van der Waals surface area contributed by atoms with E-state index in [0.29, 0.717) is 17.3 Å². The van der Waals surface area contributed by atoms with Gasteiger partial charge in [-0.15, -0.1) is 10.2 Å². The first-order chi connectivity index (χ1) is 9.86. The topological polar surface area (TPSA) is 66.9 Å². The van der Waals surface area contributed by atoms with E-state index in [4.69, 9.17) is 0 Å².